The first-order valence-corrected chi connectivity index (χ1v) is 8.35. The van der Waals surface area contributed by atoms with Crippen LogP contribution in [0.3, 0.4) is 0 Å². The number of ether oxygens (including phenoxy) is 3. The van der Waals surface area contributed by atoms with Crippen LogP contribution in [0.2, 0.25) is 0 Å². The van der Waals surface area contributed by atoms with Crippen LogP contribution < -0.4 is 0 Å². The van der Waals surface area contributed by atoms with Crippen molar-refractivity contribution in [2.24, 2.45) is 17.8 Å². The molecular formula is C16H27ClO3. The lowest BCUT2D eigenvalue weighted by Crippen LogP contribution is -2.39. The summed E-state index contributed by atoms with van der Waals surface area (Å²) in [5.41, 5.74) is 1.65. The lowest BCUT2D eigenvalue weighted by atomic mass is 9.81. The predicted molar refractivity (Wildman–Crippen MR) is 80.7 cm³/mol. The van der Waals surface area contributed by atoms with Crippen molar-refractivity contribution in [3.8, 4) is 0 Å². The lowest BCUT2D eigenvalue weighted by molar-refractivity contribution is -0.234. The molecule has 0 radical (unpaired) electrons. The quantitative estimate of drug-likeness (QED) is 0.695. The van der Waals surface area contributed by atoms with E-state index in [0.29, 0.717) is 17.8 Å². The number of hydrogen-bond donors (Lipinski definition) is 0. The summed E-state index contributed by atoms with van der Waals surface area (Å²) in [5.74, 6) is 1.59. The summed E-state index contributed by atoms with van der Waals surface area (Å²) in [4.78, 5) is 0. The molecule has 2 rings (SSSR count). The van der Waals surface area contributed by atoms with Crippen LogP contribution in [-0.2, 0) is 14.2 Å². The Bertz CT molecular complexity index is 279. The number of rotatable bonds is 6. The van der Waals surface area contributed by atoms with Gasteiger partial charge in [-0.05, 0) is 38.0 Å². The van der Waals surface area contributed by atoms with Crippen LogP contribution in [0.1, 0.15) is 39.0 Å². The van der Waals surface area contributed by atoms with Gasteiger partial charge in [-0.1, -0.05) is 24.6 Å². The fraction of sp³-hybridized carbons (Fsp3) is 0.875. The third kappa shape index (κ3) is 5.03. The van der Waals surface area contributed by atoms with E-state index in [2.05, 4.69) is 13.0 Å². The van der Waals surface area contributed by atoms with Crippen molar-refractivity contribution in [1.82, 2.24) is 0 Å². The van der Waals surface area contributed by atoms with E-state index >= 15 is 0 Å². The van der Waals surface area contributed by atoms with Crippen molar-refractivity contribution in [3.63, 3.8) is 0 Å². The highest BCUT2D eigenvalue weighted by atomic mass is 35.5. The molecule has 1 saturated carbocycles. The summed E-state index contributed by atoms with van der Waals surface area (Å²) in [5, 5.41) is 0. The fourth-order valence-corrected chi connectivity index (χ4v) is 3.24. The molecule has 0 aromatic heterocycles. The minimum absolute atomic E-state index is 0.00152. The van der Waals surface area contributed by atoms with Crippen LogP contribution >= 0.6 is 11.6 Å². The molecule has 20 heavy (non-hydrogen) atoms. The molecule has 0 atom stereocenters. The lowest BCUT2D eigenvalue weighted by Gasteiger charge is -2.37. The van der Waals surface area contributed by atoms with Crippen molar-refractivity contribution in [3.05, 3.63) is 11.6 Å². The molecule has 1 saturated heterocycles. The highest BCUT2D eigenvalue weighted by Gasteiger charge is 2.31. The van der Waals surface area contributed by atoms with Gasteiger partial charge in [0.2, 0.25) is 0 Å². The zero-order chi connectivity index (χ0) is 14.2. The Morgan fingerprint density at radius 1 is 1.15 bits per heavy atom. The number of allylic oxidation sites excluding steroid dienone is 1. The zero-order valence-corrected chi connectivity index (χ0v) is 13.2. The van der Waals surface area contributed by atoms with E-state index in [0.717, 1.165) is 32.8 Å². The van der Waals surface area contributed by atoms with Gasteiger partial charge in [-0.2, -0.15) is 0 Å². The van der Waals surface area contributed by atoms with Gasteiger partial charge < -0.3 is 14.2 Å². The molecule has 0 aromatic carbocycles. The zero-order valence-electron chi connectivity index (χ0n) is 12.4. The van der Waals surface area contributed by atoms with E-state index in [1.807, 2.05) is 0 Å². The van der Waals surface area contributed by atoms with Crippen LogP contribution in [0.4, 0.5) is 0 Å². The third-order valence-electron chi connectivity index (χ3n) is 4.24. The summed E-state index contributed by atoms with van der Waals surface area (Å²) < 4.78 is 17.4. The van der Waals surface area contributed by atoms with Crippen LogP contribution in [0.25, 0.3) is 0 Å². The molecule has 0 bridgehead atoms. The molecule has 2 fully saturated rings. The first kappa shape index (κ1) is 16.3. The van der Waals surface area contributed by atoms with Gasteiger partial charge in [-0.3, -0.25) is 0 Å². The van der Waals surface area contributed by atoms with Gasteiger partial charge in [-0.25, -0.2) is 0 Å². The van der Waals surface area contributed by atoms with Gasteiger partial charge in [0.15, 0.2) is 6.29 Å². The largest absolute Gasteiger partial charge is 0.381 e. The van der Waals surface area contributed by atoms with Crippen LogP contribution in [-0.4, -0.2) is 32.7 Å². The fourth-order valence-electron chi connectivity index (χ4n) is 3.03. The van der Waals surface area contributed by atoms with E-state index in [4.69, 9.17) is 25.8 Å². The second kappa shape index (κ2) is 9.04. The first-order valence-electron chi connectivity index (χ1n) is 7.91. The minimum Gasteiger partial charge on any atom is -0.381 e. The summed E-state index contributed by atoms with van der Waals surface area (Å²) >= 11 is 5.65. The van der Waals surface area contributed by atoms with Crippen molar-refractivity contribution >= 4 is 11.6 Å². The smallest absolute Gasteiger partial charge is 0.160 e. The Morgan fingerprint density at radius 3 is 2.45 bits per heavy atom. The second-order valence-corrected chi connectivity index (χ2v) is 6.22. The summed E-state index contributed by atoms with van der Waals surface area (Å²) in [7, 11) is 0. The minimum atomic E-state index is -0.00152. The van der Waals surface area contributed by atoms with Crippen LogP contribution in [0, 0.1) is 17.8 Å². The number of halogens is 1. The van der Waals surface area contributed by atoms with Gasteiger partial charge in [0.25, 0.3) is 0 Å². The van der Waals surface area contributed by atoms with Crippen molar-refractivity contribution < 1.29 is 14.2 Å². The molecule has 1 heterocycles. The molecule has 0 amide bonds. The Balaban J connectivity index is 1.64. The molecule has 1 aliphatic carbocycles. The third-order valence-corrected chi connectivity index (χ3v) is 4.39. The maximum atomic E-state index is 5.91. The van der Waals surface area contributed by atoms with Gasteiger partial charge in [0, 0.05) is 24.0 Å². The molecule has 3 nitrogen and oxygen atoms in total. The Morgan fingerprint density at radius 2 is 1.85 bits per heavy atom. The molecule has 0 N–H and O–H groups in total. The molecule has 0 spiro atoms. The van der Waals surface area contributed by atoms with E-state index in [1.54, 1.807) is 5.54 Å². The monoisotopic (exact) mass is 302 g/mol. The van der Waals surface area contributed by atoms with Crippen LogP contribution in [0.5, 0.6) is 0 Å². The Hall–Kier alpha value is -0.0900. The Kier molecular flexibility index (Phi) is 7.36. The van der Waals surface area contributed by atoms with Crippen molar-refractivity contribution in [2.45, 2.75) is 45.3 Å². The van der Waals surface area contributed by atoms with Gasteiger partial charge in [0.05, 0.1) is 19.8 Å². The SMILES string of the molecule is CCCOCC1COC(C2CCC(/C=C/Cl)CC2)OC1. The van der Waals surface area contributed by atoms with Crippen LogP contribution in [0.15, 0.2) is 11.6 Å². The standard InChI is InChI=1S/C16H27ClO3/c1-2-9-18-10-14-11-19-16(20-12-14)15-5-3-13(4-6-15)7-8-17/h7-8,13-16H,2-6,9-12H2,1H3/b8-7+. The molecule has 0 aromatic rings. The summed E-state index contributed by atoms with van der Waals surface area (Å²) in [6.07, 6.45) is 7.92. The van der Waals surface area contributed by atoms with Crippen molar-refractivity contribution in [1.29, 1.82) is 0 Å². The molecule has 2 aliphatic rings. The van der Waals surface area contributed by atoms with Gasteiger partial charge in [-0.15, -0.1) is 0 Å². The predicted octanol–water partition coefficient (Wildman–Crippen LogP) is 3.96. The van der Waals surface area contributed by atoms with Gasteiger partial charge in [0.1, 0.15) is 0 Å². The Labute approximate surface area is 127 Å². The molecule has 1 aliphatic heterocycles. The highest BCUT2D eigenvalue weighted by molar-refractivity contribution is 6.25. The summed E-state index contributed by atoms with van der Waals surface area (Å²) in [6, 6.07) is 0. The maximum Gasteiger partial charge on any atom is 0.160 e. The number of hydrogen-bond acceptors (Lipinski definition) is 3. The van der Waals surface area contributed by atoms with E-state index < -0.39 is 0 Å². The molecule has 116 valence electrons. The van der Waals surface area contributed by atoms with E-state index in [1.165, 1.54) is 25.7 Å². The average molecular weight is 303 g/mol. The molecular weight excluding hydrogens is 276 g/mol. The molecule has 4 heteroatoms. The first-order chi connectivity index (χ1) is 9.83. The van der Waals surface area contributed by atoms with E-state index in [-0.39, 0.29) is 6.29 Å². The van der Waals surface area contributed by atoms with E-state index in [9.17, 15) is 0 Å². The normalized spacial score (nSPS) is 35.5. The topological polar surface area (TPSA) is 27.7 Å². The average Bonchev–Trinajstić information content (AvgIpc) is 2.49. The second-order valence-electron chi connectivity index (χ2n) is 5.97. The maximum absolute atomic E-state index is 5.91. The molecule has 0 unspecified atom stereocenters. The van der Waals surface area contributed by atoms with Gasteiger partial charge >= 0.3 is 0 Å². The summed E-state index contributed by atoms with van der Waals surface area (Å²) in [6.45, 7) is 5.26. The van der Waals surface area contributed by atoms with Crippen molar-refractivity contribution in [2.75, 3.05) is 26.4 Å². The highest BCUT2D eigenvalue weighted by Crippen LogP contribution is 2.34.